The van der Waals surface area contributed by atoms with E-state index in [9.17, 15) is 14.7 Å². The average Bonchev–Trinajstić information content (AvgIpc) is 2.93. The second-order valence-electron chi connectivity index (χ2n) is 7.36. The molecule has 5 unspecified atom stereocenters. The summed E-state index contributed by atoms with van der Waals surface area (Å²) in [7, 11) is 0. The van der Waals surface area contributed by atoms with Crippen molar-refractivity contribution in [2.45, 2.75) is 57.0 Å². The number of aliphatic carboxylic acids is 1. The van der Waals surface area contributed by atoms with Gasteiger partial charge in [-0.15, -0.1) is 0 Å². The molecule has 3 aliphatic carbocycles. The third kappa shape index (κ3) is 2.12. The Morgan fingerprint density at radius 1 is 1.00 bits per heavy atom. The Labute approximate surface area is 125 Å². The van der Waals surface area contributed by atoms with Crippen molar-refractivity contribution in [1.82, 2.24) is 10.2 Å². The van der Waals surface area contributed by atoms with Gasteiger partial charge in [0.1, 0.15) is 6.04 Å². The summed E-state index contributed by atoms with van der Waals surface area (Å²) in [6.45, 7) is 0.581. The number of hydrogen-bond donors (Lipinski definition) is 2. The fourth-order valence-corrected chi connectivity index (χ4v) is 5.35. The van der Waals surface area contributed by atoms with Crippen LogP contribution in [0.3, 0.4) is 0 Å². The zero-order valence-corrected chi connectivity index (χ0v) is 12.3. The molecule has 5 atom stereocenters. The van der Waals surface area contributed by atoms with Crippen LogP contribution in [0.4, 0.5) is 4.79 Å². The molecule has 0 radical (unpaired) electrons. The third-order valence-corrected chi connectivity index (χ3v) is 6.32. The van der Waals surface area contributed by atoms with E-state index < -0.39 is 12.0 Å². The van der Waals surface area contributed by atoms with Crippen molar-refractivity contribution in [1.29, 1.82) is 0 Å². The lowest BCUT2D eigenvalue weighted by Gasteiger charge is -2.27. The summed E-state index contributed by atoms with van der Waals surface area (Å²) in [5.41, 5.74) is 0. The van der Waals surface area contributed by atoms with Gasteiger partial charge in [-0.25, -0.2) is 9.59 Å². The molecule has 4 aliphatic rings. The van der Waals surface area contributed by atoms with E-state index in [1.807, 2.05) is 0 Å². The molecular weight excluding hydrogens is 268 g/mol. The van der Waals surface area contributed by atoms with Crippen LogP contribution in [0.1, 0.15) is 44.9 Å². The van der Waals surface area contributed by atoms with Crippen LogP contribution < -0.4 is 5.32 Å². The second kappa shape index (κ2) is 4.89. The van der Waals surface area contributed by atoms with Gasteiger partial charge in [0.15, 0.2) is 0 Å². The standard InChI is InChI=1S/C16H24N2O3/c19-15(20)11-4-2-1-3-7-18(11)16(21)17-14-12-9-5-6-10(8-9)13(12)14/h9-14H,1-8H2,(H,17,21)(H,19,20). The maximum atomic E-state index is 12.5. The van der Waals surface area contributed by atoms with E-state index in [-0.39, 0.29) is 6.03 Å². The molecule has 21 heavy (non-hydrogen) atoms. The van der Waals surface area contributed by atoms with Gasteiger partial charge < -0.3 is 15.3 Å². The molecule has 2 bridgehead atoms. The first kappa shape index (κ1) is 13.4. The number of hydrogen-bond acceptors (Lipinski definition) is 2. The second-order valence-corrected chi connectivity index (χ2v) is 7.36. The normalized spacial score (nSPS) is 44.1. The molecule has 2 amide bonds. The Bertz CT molecular complexity index is 450. The zero-order chi connectivity index (χ0) is 14.6. The number of carboxylic acids is 1. The Hall–Kier alpha value is -1.26. The first-order chi connectivity index (χ1) is 10.2. The van der Waals surface area contributed by atoms with Crippen LogP contribution in [-0.4, -0.2) is 40.6 Å². The van der Waals surface area contributed by atoms with E-state index in [1.165, 1.54) is 19.3 Å². The number of nitrogens with one attached hydrogen (secondary N) is 1. The molecule has 0 aromatic heterocycles. The summed E-state index contributed by atoms with van der Waals surface area (Å²) in [4.78, 5) is 25.5. The molecule has 1 saturated heterocycles. The molecule has 0 aromatic rings. The predicted octanol–water partition coefficient (Wildman–Crippen LogP) is 2.07. The topological polar surface area (TPSA) is 69.6 Å². The molecule has 4 fully saturated rings. The Kier molecular flexibility index (Phi) is 3.12. The monoisotopic (exact) mass is 292 g/mol. The summed E-state index contributed by atoms with van der Waals surface area (Å²) >= 11 is 0. The van der Waals surface area contributed by atoms with Gasteiger partial charge in [-0.2, -0.15) is 0 Å². The number of urea groups is 1. The van der Waals surface area contributed by atoms with Gasteiger partial charge in [0.2, 0.25) is 0 Å². The minimum atomic E-state index is -0.858. The van der Waals surface area contributed by atoms with E-state index in [1.54, 1.807) is 4.90 Å². The number of carbonyl (C=O) groups is 2. The first-order valence-electron chi connectivity index (χ1n) is 8.47. The van der Waals surface area contributed by atoms with Gasteiger partial charge in [0.05, 0.1) is 0 Å². The molecular formula is C16H24N2O3. The highest BCUT2D eigenvalue weighted by Crippen LogP contribution is 2.65. The Balaban J connectivity index is 1.41. The molecule has 3 saturated carbocycles. The quantitative estimate of drug-likeness (QED) is 0.818. The molecule has 1 aliphatic heterocycles. The van der Waals surface area contributed by atoms with Crippen molar-refractivity contribution in [3.63, 3.8) is 0 Å². The SMILES string of the molecule is O=C(O)C1CCCCCN1C(=O)NC1C2C3CCC(C3)C12. The van der Waals surface area contributed by atoms with Crippen LogP contribution in [0.2, 0.25) is 0 Å². The molecule has 0 aromatic carbocycles. The van der Waals surface area contributed by atoms with E-state index >= 15 is 0 Å². The minimum Gasteiger partial charge on any atom is -0.480 e. The van der Waals surface area contributed by atoms with Crippen molar-refractivity contribution in [2.24, 2.45) is 23.7 Å². The van der Waals surface area contributed by atoms with Gasteiger partial charge in [0.25, 0.3) is 0 Å². The van der Waals surface area contributed by atoms with Crippen molar-refractivity contribution in [3.8, 4) is 0 Å². The van der Waals surface area contributed by atoms with Crippen LogP contribution in [0.25, 0.3) is 0 Å². The highest BCUT2D eigenvalue weighted by atomic mass is 16.4. The van der Waals surface area contributed by atoms with Crippen molar-refractivity contribution in [3.05, 3.63) is 0 Å². The lowest BCUT2D eigenvalue weighted by Crippen LogP contribution is -2.50. The average molecular weight is 292 g/mol. The van der Waals surface area contributed by atoms with Gasteiger partial charge in [-0.05, 0) is 55.8 Å². The maximum absolute atomic E-state index is 12.5. The summed E-state index contributed by atoms with van der Waals surface area (Å²) < 4.78 is 0. The number of carboxylic acid groups (broad SMARTS) is 1. The largest absolute Gasteiger partial charge is 0.480 e. The van der Waals surface area contributed by atoms with Crippen molar-refractivity contribution in [2.75, 3.05) is 6.54 Å². The van der Waals surface area contributed by atoms with Crippen LogP contribution in [0, 0.1) is 23.7 Å². The first-order valence-corrected chi connectivity index (χ1v) is 8.47. The summed E-state index contributed by atoms with van der Waals surface area (Å²) in [5.74, 6) is 2.18. The lowest BCUT2D eigenvalue weighted by molar-refractivity contribution is -0.142. The van der Waals surface area contributed by atoms with Crippen LogP contribution >= 0.6 is 0 Å². The number of likely N-dealkylation sites (tertiary alicyclic amines) is 1. The van der Waals surface area contributed by atoms with Gasteiger partial charge in [0, 0.05) is 12.6 Å². The molecule has 1 heterocycles. The highest BCUT2D eigenvalue weighted by Gasteiger charge is 2.65. The minimum absolute atomic E-state index is 0.136. The van der Waals surface area contributed by atoms with Crippen LogP contribution in [0.15, 0.2) is 0 Å². The fraction of sp³-hybridized carbons (Fsp3) is 0.875. The smallest absolute Gasteiger partial charge is 0.326 e. The van der Waals surface area contributed by atoms with E-state index in [0.717, 1.165) is 31.1 Å². The Morgan fingerprint density at radius 2 is 1.71 bits per heavy atom. The highest BCUT2D eigenvalue weighted by molar-refractivity contribution is 5.83. The molecule has 2 N–H and O–H groups in total. The number of nitrogens with zero attached hydrogens (tertiary/aromatic N) is 1. The molecule has 5 heteroatoms. The number of fused-ring (bicyclic) bond motifs is 5. The van der Waals surface area contributed by atoms with Crippen LogP contribution in [-0.2, 0) is 4.79 Å². The fourth-order valence-electron chi connectivity index (χ4n) is 5.35. The number of carbonyl (C=O) groups excluding carboxylic acids is 1. The Morgan fingerprint density at radius 3 is 2.38 bits per heavy atom. The van der Waals surface area contributed by atoms with Crippen molar-refractivity contribution < 1.29 is 14.7 Å². The summed E-state index contributed by atoms with van der Waals surface area (Å²) in [6, 6.07) is -0.438. The van der Waals surface area contributed by atoms with E-state index in [0.29, 0.717) is 30.8 Å². The molecule has 116 valence electrons. The molecule has 4 rings (SSSR count). The zero-order valence-electron chi connectivity index (χ0n) is 12.3. The van der Waals surface area contributed by atoms with Crippen LogP contribution in [0.5, 0.6) is 0 Å². The maximum Gasteiger partial charge on any atom is 0.326 e. The van der Waals surface area contributed by atoms with Gasteiger partial charge >= 0.3 is 12.0 Å². The van der Waals surface area contributed by atoms with E-state index in [2.05, 4.69) is 5.32 Å². The third-order valence-electron chi connectivity index (χ3n) is 6.32. The number of amides is 2. The number of rotatable bonds is 2. The predicted molar refractivity (Wildman–Crippen MR) is 76.7 cm³/mol. The van der Waals surface area contributed by atoms with Gasteiger partial charge in [-0.1, -0.05) is 12.8 Å². The molecule has 0 spiro atoms. The van der Waals surface area contributed by atoms with Gasteiger partial charge in [-0.3, -0.25) is 0 Å². The molecule has 5 nitrogen and oxygen atoms in total. The lowest BCUT2D eigenvalue weighted by atomic mass is 10.0. The van der Waals surface area contributed by atoms with E-state index in [4.69, 9.17) is 0 Å². The van der Waals surface area contributed by atoms with Crippen molar-refractivity contribution >= 4 is 12.0 Å². The summed E-state index contributed by atoms with van der Waals surface area (Å²) in [6.07, 6.45) is 7.46. The summed E-state index contributed by atoms with van der Waals surface area (Å²) in [5, 5.41) is 12.5.